The van der Waals surface area contributed by atoms with E-state index < -0.39 is 18.0 Å². The summed E-state index contributed by atoms with van der Waals surface area (Å²) in [5, 5.41) is 0. The van der Waals surface area contributed by atoms with Gasteiger partial charge in [0, 0.05) is 24.2 Å². The highest BCUT2D eigenvalue weighted by molar-refractivity contribution is 6.02. The number of carbonyl (C=O) groups excluding carboxylic acids is 3. The third-order valence-corrected chi connectivity index (χ3v) is 5.30. The average Bonchev–Trinajstić information content (AvgIpc) is 3.11. The van der Waals surface area contributed by atoms with Crippen molar-refractivity contribution in [3.63, 3.8) is 0 Å². The van der Waals surface area contributed by atoms with Gasteiger partial charge >= 0.3 is 5.97 Å². The van der Waals surface area contributed by atoms with Crippen molar-refractivity contribution < 1.29 is 23.9 Å². The molecule has 6 nitrogen and oxygen atoms in total. The van der Waals surface area contributed by atoms with Crippen LogP contribution in [0.2, 0.25) is 0 Å². The van der Waals surface area contributed by atoms with Crippen LogP contribution < -0.4 is 9.64 Å². The Hall–Kier alpha value is -3.15. The van der Waals surface area contributed by atoms with Crippen LogP contribution >= 0.6 is 0 Å². The van der Waals surface area contributed by atoms with Gasteiger partial charge in [-0.1, -0.05) is 6.07 Å². The summed E-state index contributed by atoms with van der Waals surface area (Å²) in [7, 11) is 1.55. The number of rotatable bonds is 6. The molecule has 0 bridgehead atoms. The van der Waals surface area contributed by atoms with E-state index in [-0.39, 0.29) is 24.7 Å². The van der Waals surface area contributed by atoms with E-state index in [0.29, 0.717) is 11.3 Å². The molecule has 0 unspecified atom stereocenters. The summed E-state index contributed by atoms with van der Waals surface area (Å²) in [6.45, 7) is 5.79. The first-order valence-electron chi connectivity index (χ1n) is 9.56. The number of nitrogens with zero attached hydrogens (tertiary/aromatic N) is 1. The minimum Gasteiger partial charge on any atom is -0.497 e. The van der Waals surface area contributed by atoms with E-state index >= 15 is 0 Å². The highest BCUT2D eigenvalue weighted by Gasteiger charge is 2.37. The van der Waals surface area contributed by atoms with Gasteiger partial charge in [0.15, 0.2) is 6.10 Å². The zero-order valence-corrected chi connectivity index (χ0v) is 17.1. The third kappa shape index (κ3) is 4.47. The molecule has 29 heavy (non-hydrogen) atoms. The van der Waals surface area contributed by atoms with Crippen molar-refractivity contribution in [2.75, 3.05) is 18.6 Å². The van der Waals surface area contributed by atoms with Crippen LogP contribution in [0.3, 0.4) is 0 Å². The van der Waals surface area contributed by atoms with E-state index in [0.717, 1.165) is 16.8 Å². The van der Waals surface area contributed by atoms with Crippen molar-refractivity contribution in [1.29, 1.82) is 0 Å². The number of anilines is 1. The van der Waals surface area contributed by atoms with Gasteiger partial charge in [-0.05, 0) is 68.3 Å². The van der Waals surface area contributed by atoms with Gasteiger partial charge in [-0.15, -0.1) is 0 Å². The Morgan fingerprint density at radius 3 is 2.38 bits per heavy atom. The molecule has 2 aromatic carbocycles. The molecule has 0 radical (unpaired) electrons. The number of ketones is 1. The van der Waals surface area contributed by atoms with Gasteiger partial charge in [-0.2, -0.15) is 0 Å². The SMILES string of the molecule is COc1ccc(C(=O)[C@@H](C)OC(=O)[C@@H]2CC(=O)N(c3ccc(C)c(C)c3)C2)cc1. The summed E-state index contributed by atoms with van der Waals surface area (Å²) in [6.07, 6.45) is -0.850. The molecule has 6 heteroatoms. The molecule has 0 N–H and O–H groups in total. The molecule has 0 aromatic heterocycles. The van der Waals surface area contributed by atoms with Crippen molar-refractivity contribution >= 4 is 23.3 Å². The number of methoxy groups -OCH3 is 1. The van der Waals surface area contributed by atoms with Gasteiger partial charge in [0.05, 0.1) is 13.0 Å². The van der Waals surface area contributed by atoms with Crippen LogP contribution in [-0.2, 0) is 14.3 Å². The lowest BCUT2D eigenvalue weighted by Gasteiger charge is -2.18. The van der Waals surface area contributed by atoms with Crippen LogP contribution in [0.1, 0.15) is 34.8 Å². The van der Waals surface area contributed by atoms with Crippen LogP contribution in [0.4, 0.5) is 5.69 Å². The Bertz CT molecular complexity index is 935. The van der Waals surface area contributed by atoms with E-state index in [9.17, 15) is 14.4 Å². The summed E-state index contributed by atoms with van der Waals surface area (Å²) in [4.78, 5) is 39.1. The smallest absolute Gasteiger partial charge is 0.312 e. The molecule has 152 valence electrons. The van der Waals surface area contributed by atoms with E-state index in [1.165, 1.54) is 0 Å². The fourth-order valence-electron chi connectivity index (χ4n) is 3.32. The molecule has 1 fully saturated rings. The van der Waals surface area contributed by atoms with Gasteiger partial charge < -0.3 is 14.4 Å². The molecular weight excluding hydrogens is 370 g/mol. The number of amides is 1. The summed E-state index contributed by atoms with van der Waals surface area (Å²) >= 11 is 0. The number of carbonyl (C=O) groups is 3. The number of esters is 1. The number of aryl methyl sites for hydroxylation is 2. The third-order valence-electron chi connectivity index (χ3n) is 5.30. The largest absolute Gasteiger partial charge is 0.497 e. The molecular formula is C23H25NO5. The topological polar surface area (TPSA) is 72.9 Å². The molecule has 0 aliphatic carbocycles. The summed E-state index contributed by atoms with van der Waals surface area (Å²) < 4.78 is 10.5. The lowest BCUT2D eigenvalue weighted by molar-refractivity contribution is -0.151. The molecule has 2 aromatic rings. The summed E-state index contributed by atoms with van der Waals surface area (Å²) in [5.41, 5.74) is 3.43. The Labute approximate surface area is 170 Å². The Kier molecular flexibility index (Phi) is 6.01. The number of Topliss-reactive ketones (excluding diaryl/α,β-unsaturated/α-hetero) is 1. The molecule has 1 heterocycles. The second-order valence-electron chi connectivity index (χ2n) is 7.35. The number of ether oxygens (including phenoxy) is 2. The first-order valence-corrected chi connectivity index (χ1v) is 9.56. The maximum Gasteiger partial charge on any atom is 0.312 e. The van der Waals surface area contributed by atoms with Gasteiger partial charge in [0.25, 0.3) is 0 Å². The number of hydrogen-bond acceptors (Lipinski definition) is 5. The Balaban J connectivity index is 1.63. The van der Waals surface area contributed by atoms with Gasteiger partial charge in [0.2, 0.25) is 11.7 Å². The minimum atomic E-state index is -0.929. The lowest BCUT2D eigenvalue weighted by Crippen LogP contribution is -2.30. The van der Waals surface area contributed by atoms with E-state index in [4.69, 9.17) is 9.47 Å². The van der Waals surface area contributed by atoms with Crippen molar-refractivity contribution in [2.24, 2.45) is 5.92 Å². The van der Waals surface area contributed by atoms with Crippen LogP contribution in [0, 0.1) is 19.8 Å². The second-order valence-corrected chi connectivity index (χ2v) is 7.35. The summed E-state index contributed by atoms with van der Waals surface area (Å²) in [6, 6.07) is 12.4. The monoisotopic (exact) mass is 395 g/mol. The van der Waals surface area contributed by atoms with Gasteiger partial charge in [0.1, 0.15) is 5.75 Å². The fraction of sp³-hybridized carbons (Fsp3) is 0.348. The van der Waals surface area contributed by atoms with Crippen molar-refractivity contribution in [3.05, 3.63) is 59.2 Å². The van der Waals surface area contributed by atoms with Crippen molar-refractivity contribution in [1.82, 2.24) is 0 Å². The standard InChI is InChI=1S/C23H25NO5/c1-14-5-8-19(11-15(14)2)24-13-18(12-21(24)25)23(27)29-16(3)22(26)17-6-9-20(28-4)10-7-17/h5-11,16,18H,12-13H2,1-4H3/t16-,18-/m1/s1. The van der Waals surface area contributed by atoms with Crippen molar-refractivity contribution in [2.45, 2.75) is 33.3 Å². The number of benzene rings is 2. The maximum absolute atomic E-state index is 12.6. The second kappa shape index (κ2) is 8.47. The van der Waals surface area contributed by atoms with Crippen LogP contribution in [0.15, 0.2) is 42.5 Å². The lowest BCUT2D eigenvalue weighted by atomic mass is 10.1. The predicted octanol–water partition coefficient (Wildman–Crippen LogP) is 3.48. The fourth-order valence-corrected chi connectivity index (χ4v) is 3.32. The zero-order valence-electron chi connectivity index (χ0n) is 17.1. The molecule has 3 rings (SSSR count). The summed E-state index contributed by atoms with van der Waals surface area (Å²) in [5.74, 6) is -0.892. The van der Waals surface area contributed by atoms with Gasteiger partial charge in [-0.3, -0.25) is 14.4 Å². The normalized spacial score (nSPS) is 17.2. The number of hydrogen-bond donors (Lipinski definition) is 0. The maximum atomic E-state index is 12.6. The molecule has 0 saturated carbocycles. The Morgan fingerprint density at radius 1 is 1.07 bits per heavy atom. The molecule has 1 amide bonds. The van der Waals surface area contributed by atoms with E-state index in [1.54, 1.807) is 43.2 Å². The molecule has 2 atom stereocenters. The molecule has 0 spiro atoms. The van der Waals surface area contributed by atoms with Crippen molar-refractivity contribution in [3.8, 4) is 5.75 Å². The average molecular weight is 395 g/mol. The predicted molar refractivity (Wildman–Crippen MR) is 109 cm³/mol. The first kappa shape index (κ1) is 20.6. The van der Waals surface area contributed by atoms with Crippen LogP contribution in [0.25, 0.3) is 0 Å². The highest BCUT2D eigenvalue weighted by Crippen LogP contribution is 2.28. The first-order chi connectivity index (χ1) is 13.8. The Morgan fingerprint density at radius 2 is 1.76 bits per heavy atom. The van der Waals surface area contributed by atoms with Crippen LogP contribution in [0.5, 0.6) is 5.75 Å². The zero-order chi connectivity index (χ0) is 21.1. The van der Waals surface area contributed by atoms with E-state index in [1.807, 2.05) is 32.0 Å². The van der Waals surface area contributed by atoms with Crippen LogP contribution in [-0.4, -0.2) is 37.4 Å². The quantitative estimate of drug-likeness (QED) is 0.553. The molecule has 1 aliphatic heterocycles. The molecule has 1 saturated heterocycles. The van der Waals surface area contributed by atoms with Gasteiger partial charge in [-0.25, -0.2) is 0 Å². The minimum absolute atomic E-state index is 0.0786. The highest BCUT2D eigenvalue weighted by atomic mass is 16.5. The van der Waals surface area contributed by atoms with E-state index in [2.05, 4.69) is 0 Å². The molecule has 1 aliphatic rings.